The molecule has 0 spiro atoms. The van der Waals surface area contributed by atoms with E-state index >= 15 is 0 Å². The van der Waals surface area contributed by atoms with Gasteiger partial charge in [-0.25, -0.2) is 14.1 Å². The molecule has 0 amide bonds. The van der Waals surface area contributed by atoms with Gasteiger partial charge in [0.15, 0.2) is 0 Å². The lowest BCUT2D eigenvalue weighted by molar-refractivity contribution is -0.0736. The minimum atomic E-state index is -0.808. The molecule has 9 heteroatoms. The van der Waals surface area contributed by atoms with Crippen molar-refractivity contribution >= 4 is 11.6 Å². The van der Waals surface area contributed by atoms with Crippen LogP contribution < -0.4 is 4.74 Å². The Labute approximate surface area is 189 Å². The van der Waals surface area contributed by atoms with Crippen molar-refractivity contribution in [2.75, 3.05) is 6.61 Å². The minimum absolute atomic E-state index is 0.0340. The van der Waals surface area contributed by atoms with Gasteiger partial charge in [0.25, 0.3) is 0 Å². The SMILES string of the molecule is OC(c1cc(Cl)ccc1-n1ccnn1)N1C2CCC3(COc4ccc(F)cn4)C2CCC13. The Hall–Kier alpha value is -2.55. The summed E-state index contributed by atoms with van der Waals surface area (Å²) in [6.07, 6.45) is 7.95. The van der Waals surface area contributed by atoms with E-state index in [0.717, 1.165) is 36.9 Å². The zero-order valence-corrected chi connectivity index (χ0v) is 18.1. The lowest BCUT2D eigenvalue weighted by Crippen LogP contribution is -2.48. The predicted octanol–water partition coefficient (Wildman–Crippen LogP) is 3.77. The fourth-order valence-electron chi connectivity index (χ4n) is 6.46. The number of aliphatic hydroxyl groups is 1. The van der Waals surface area contributed by atoms with Gasteiger partial charge in [-0.05, 0) is 55.9 Å². The van der Waals surface area contributed by atoms with Crippen molar-refractivity contribution in [3.63, 3.8) is 0 Å². The molecule has 5 atom stereocenters. The molecule has 5 unspecified atom stereocenters. The van der Waals surface area contributed by atoms with Crippen LogP contribution in [0.4, 0.5) is 4.39 Å². The molecule has 7 nitrogen and oxygen atoms in total. The van der Waals surface area contributed by atoms with E-state index in [-0.39, 0.29) is 23.3 Å². The van der Waals surface area contributed by atoms with Gasteiger partial charge in [-0.2, -0.15) is 0 Å². The first-order valence-electron chi connectivity index (χ1n) is 10.9. The second-order valence-electron chi connectivity index (χ2n) is 9.01. The highest BCUT2D eigenvalue weighted by Gasteiger charge is 2.68. The summed E-state index contributed by atoms with van der Waals surface area (Å²) in [5.41, 5.74) is 1.45. The summed E-state index contributed by atoms with van der Waals surface area (Å²) in [5, 5.41) is 20.2. The highest BCUT2D eigenvalue weighted by Crippen LogP contribution is 2.65. The van der Waals surface area contributed by atoms with Crippen LogP contribution in [0.3, 0.4) is 0 Å². The number of halogens is 2. The Bertz CT molecular complexity index is 1130. The number of aromatic nitrogens is 4. The van der Waals surface area contributed by atoms with Crippen LogP contribution in [0.2, 0.25) is 5.02 Å². The van der Waals surface area contributed by atoms with Crippen molar-refractivity contribution < 1.29 is 14.2 Å². The number of ether oxygens (including phenoxy) is 1. The molecular formula is C23H23ClFN5O2. The summed E-state index contributed by atoms with van der Waals surface area (Å²) in [5.74, 6) is 0.513. The van der Waals surface area contributed by atoms with E-state index in [1.807, 2.05) is 12.1 Å². The normalized spacial score (nSPS) is 29.5. The van der Waals surface area contributed by atoms with E-state index < -0.39 is 6.23 Å². The fourth-order valence-corrected chi connectivity index (χ4v) is 6.64. The molecule has 6 rings (SSSR count). The number of benzene rings is 1. The van der Waals surface area contributed by atoms with E-state index in [1.54, 1.807) is 29.2 Å². The van der Waals surface area contributed by atoms with Gasteiger partial charge in [-0.1, -0.05) is 16.8 Å². The van der Waals surface area contributed by atoms with Gasteiger partial charge in [0.1, 0.15) is 12.0 Å². The summed E-state index contributed by atoms with van der Waals surface area (Å²) < 4.78 is 20.9. The number of pyridine rings is 1. The molecule has 0 radical (unpaired) electrons. The van der Waals surface area contributed by atoms with Gasteiger partial charge >= 0.3 is 0 Å². The molecule has 32 heavy (non-hydrogen) atoms. The number of piperidine rings is 2. The molecule has 2 aromatic heterocycles. The summed E-state index contributed by atoms with van der Waals surface area (Å²) in [7, 11) is 0. The maximum absolute atomic E-state index is 13.2. The Balaban J connectivity index is 1.30. The van der Waals surface area contributed by atoms with E-state index in [0.29, 0.717) is 23.4 Å². The van der Waals surface area contributed by atoms with Crippen molar-refractivity contribution in [1.82, 2.24) is 24.9 Å². The van der Waals surface area contributed by atoms with Gasteiger partial charge in [0.2, 0.25) is 5.88 Å². The van der Waals surface area contributed by atoms with Crippen LogP contribution in [0, 0.1) is 17.2 Å². The van der Waals surface area contributed by atoms with Crippen LogP contribution in [-0.4, -0.2) is 48.7 Å². The molecule has 1 aliphatic heterocycles. The van der Waals surface area contributed by atoms with Crippen molar-refractivity contribution in [2.24, 2.45) is 11.3 Å². The summed E-state index contributed by atoms with van der Waals surface area (Å²) in [6, 6.07) is 8.89. The second-order valence-corrected chi connectivity index (χ2v) is 9.45. The van der Waals surface area contributed by atoms with Crippen LogP contribution in [0.25, 0.3) is 5.69 Å². The molecule has 2 saturated carbocycles. The van der Waals surface area contributed by atoms with Gasteiger partial charge in [0.05, 0.1) is 30.9 Å². The number of hydrogen-bond acceptors (Lipinski definition) is 6. The fraction of sp³-hybridized carbons (Fsp3) is 0.435. The van der Waals surface area contributed by atoms with Crippen molar-refractivity contribution in [3.8, 4) is 11.6 Å². The van der Waals surface area contributed by atoms with Gasteiger partial charge < -0.3 is 9.84 Å². The molecule has 3 aliphatic rings. The topological polar surface area (TPSA) is 76.3 Å². The summed E-state index contributed by atoms with van der Waals surface area (Å²) >= 11 is 6.31. The molecule has 3 aromatic rings. The standard InChI is InChI=1S/C23H23ClFN5O2/c24-14-1-4-18(29-10-9-27-28-29)16(11-14)22(31)30-19-7-8-23(17(19)3-5-20(23)30)13-32-21-6-2-15(25)12-26-21/h1-2,4,6,9-12,17,19-20,22,31H,3,5,7-8,13H2. The minimum Gasteiger partial charge on any atom is -0.477 e. The Kier molecular flexibility index (Phi) is 4.71. The highest BCUT2D eigenvalue weighted by molar-refractivity contribution is 6.30. The predicted molar refractivity (Wildman–Crippen MR) is 115 cm³/mol. The zero-order chi connectivity index (χ0) is 21.9. The van der Waals surface area contributed by atoms with Crippen molar-refractivity contribution in [1.29, 1.82) is 0 Å². The number of aliphatic hydroxyl groups excluding tert-OH is 1. The Morgan fingerprint density at radius 2 is 2.16 bits per heavy atom. The average molecular weight is 456 g/mol. The highest BCUT2D eigenvalue weighted by atomic mass is 35.5. The molecule has 3 heterocycles. The van der Waals surface area contributed by atoms with Gasteiger partial charge in [0, 0.05) is 34.2 Å². The third kappa shape index (κ3) is 2.97. The van der Waals surface area contributed by atoms with E-state index in [4.69, 9.17) is 16.3 Å². The first kappa shape index (κ1) is 20.1. The lowest BCUT2D eigenvalue weighted by atomic mass is 9.80. The third-order valence-electron chi connectivity index (χ3n) is 7.67. The first-order chi connectivity index (χ1) is 15.6. The second kappa shape index (κ2) is 7.50. The quantitative estimate of drug-likeness (QED) is 0.609. The number of likely N-dealkylation sites (tertiary alicyclic amines) is 1. The van der Waals surface area contributed by atoms with E-state index in [2.05, 4.69) is 20.2 Å². The molecule has 1 N–H and O–H groups in total. The number of rotatable bonds is 6. The van der Waals surface area contributed by atoms with Crippen LogP contribution in [0.15, 0.2) is 48.9 Å². The van der Waals surface area contributed by atoms with Gasteiger partial charge in [-0.15, -0.1) is 5.10 Å². The summed E-state index contributed by atoms with van der Waals surface area (Å²) in [6.45, 7) is 0.520. The lowest BCUT2D eigenvalue weighted by Gasteiger charge is -2.43. The first-order valence-corrected chi connectivity index (χ1v) is 11.3. The third-order valence-corrected chi connectivity index (χ3v) is 7.91. The summed E-state index contributed by atoms with van der Waals surface area (Å²) in [4.78, 5) is 6.30. The number of nitrogens with zero attached hydrogens (tertiary/aromatic N) is 5. The molecule has 166 valence electrons. The molecule has 1 aromatic carbocycles. The van der Waals surface area contributed by atoms with E-state index in [1.165, 1.54) is 12.3 Å². The average Bonchev–Trinajstić information content (AvgIpc) is 3.57. The largest absolute Gasteiger partial charge is 0.477 e. The van der Waals surface area contributed by atoms with Gasteiger partial charge in [-0.3, -0.25) is 4.90 Å². The van der Waals surface area contributed by atoms with Crippen LogP contribution in [0.5, 0.6) is 5.88 Å². The molecule has 3 fully saturated rings. The number of hydrogen-bond donors (Lipinski definition) is 1. The van der Waals surface area contributed by atoms with Crippen LogP contribution in [-0.2, 0) is 0 Å². The smallest absolute Gasteiger partial charge is 0.213 e. The van der Waals surface area contributed by atoms with Crippen molar-refractivity contribution in [3.05, 3.63) is 65.3 Å². The van der Waals surface area contributed by atoms with Crippen molar-refractivity contribution in [2.45, 2.75) is 44.0 Å². The maximum Gasteiger partial charge on any atom is 0.213 e. The van der Waals surface area contributed by atoms with Crippen LogP contribution in [0.1, 0.15) is 37.5 Å². The van der Waals surface area contributed by atoms with Crippen LogP contribution >= 0.6 is 11.6 Å². The zero-order valence-electron chi connectivity index (χ0n) is 17.3. The Morgan fingerprint density at radius 3 is 2.94 bits per heavy atom. The Morgan fingerprint density at radius 1 is 1.25 bits per heavy atom. The maximum atomic E-state index is 13.2. The molecular weight excluding hydrogens is 433 g/mol. The molecule has 2 aliphatic carbocycles. The molecule has 1 saturated heterocycles. The van der Waals surface area contributed by atoms with E-state index in [9.17, 15) is 9.50 Å². The molecule has 4 bridgehead atoms. The monoisotopic (exact) mass is 455 g/mol.